The molecular formula is C34H25ClF2N6O3S. The van der Waals surface area contributed by atoms with Gasteiger partial charge < -0.3 is 10.2 Å². The van der Waals surface area contributed by atoms with Crippen molar-refractivity contribution in [3.63, 3.8) is 0 Å². The van der Waals surface area contributed by atoms with Crippen LogP contribution in [0.4, 0.5) is 14.6 Å². The number of halogens is 3. The number of nitrogens with zero attached hydrogens (tertiary/aromatic N) is 4. The molecule has 2 aliphatic heterocycles. The van der Waals surface area contributed by atoms with E-state index in [4.69, 9.17) is 21.1 Å². The summed E-state index contributed by atoms with van der Waals surface area (Å²) in [6, 6.07) is 14.6. The van der Waals surface area contributed by atoms with E-state index >= 15 is 0 Å². The van der Waals surface area contributed by atoms with E-state index in [2.05, 4.69) is 20.4 Å². The second-order valence-electron chi connectivity index (χ2n) is 11.6. The highest BCUT2D eigenvalue weighted by molar-refractivity contribution is 7.23. The van der Waals surface area contributed by atoms with Gasteiger partial charge in [-0.05, 0) is 78.6 Å². The molecule has 13 heteroatoms. The van der Waals surface area contributed by atoms with Crippen LogP contribution in [0.3, 0.4) is 0 Å². The number of anilines is 1. The third-order valence-corrected chi connectivity index (χ3v) is 10.2. The van der Waals surface area contributed by atoms with Gasteiger partial charge >= 0.3 is 5.76 Å². The Kier molecular flexibility index (Phi) is 7.33. The van der Waals surface area contributed by atoms with Gasteiger partial charge in [-0.1, -0.05) is 35.0 Å². The number of aromatic amines is 1. The molecule has 0 spiro atoms. The number of benzene rings is 2. The molecule has 0 bridgehead atoms. The Labute approximate surface area is 275 Å². The van der Waals surface area contributed by atoms with Crippen LogP contribution in [0.15, 0.2) is 70.1 Å². The van der Waals surface area contributed by atoms with E-state index in [1.807, 2.05) is 17.0 Å². The van der Waals surface area contributed by atoms with Gasteiger partial charge in [0.2, 0.25) is 0 Å². The molecular weight excluding hydrogens is 646 g/mol. The first-order valence-corrected chi connectivity index (χ1v) is 16.3. The Morgan fingerprint density at radius 3 is 2.64 bits per heavy atom. The first kappa shape index (κ1) is 29.5. The Bertz CT molecular complexity index is 2250. The van der Waals surface area contributed by atoms with Gasteiger partial charge in [-0.15, -0.1) is 11.3 Å². The van der Waals surface area contributed by atoms with Gasteiger partial charge in [0.1, 0.15) is 17.5 Å². The van der Waals surface area contributed by atoms with E-state index in [1.54, 1.807) is 30.5 Å². The van der Waals surface area contributed by atoms with Gasteiger partial charge in [0, 0.05) is 29.7 Å². The number of nitrogens with one attached hydrogen (secondary N) is 2. The topological polar surface area (TPSA) is 117 Å². The van der Waals surface area contributed by atoms with Crippen LogP contribution < -0.4 is 11.1 Å². The summed E-state index contributed by atoms with van der Waals surface area (Å²) in [5, 5.41) is 8.33. The summed E-state index contributed by atoms with van der Waals surface area (Å²) in [6.07, 6.45) is 4.37. The Morgan fingerprint density at radius 1 is 1.02 bits per heavy atom. The van der Waals surface area contributed by atoms with Crippen LogP contribution in [0, 0.1) is 11.6 Å². The summed E-state index contributed by atoms with van der Waals surface area (Å²) in [5.74, 6) is -0.844. The van der Waals surface area contributed by atoms with Crippen LogP contribution in [0.2, 0.25) is 5.02 Å². The average Bonchev–Trinajstić information content (AvgIpc) is 3.87. The maximum atomic E-state index is 14.1. The monoisotopic (exact) mass is 670 g/mol. The highest BCUT2D eigenvalue weighted by atomic mass is 35.5. The first-order valence-electron chi connectivity index (χ1n) is 15.1. The van der Waals surface area contributed by atoms with E-state index in [0.29, 0.717) is 59.8 Å². The van der Waals surface area contributed by atoms with Crippen LogP contribution in [0.25, 0.3) is 31.9 Å². The lowest BCUT2D eigenvalue weighted by molar-refractivity contribution is 0.0776. The molecule has 6 heterocycles. The zero-order chi connectivity index (χ0) is 32.2. The molecule has 0 unspecified atom stereocenters. The molecule has 0 radical (unpaired) electrons. The maximum Gasteiger partial charge on any atom is 0.439 e. The van der Waals surface area contributed by atoms with Crippen LogP contribution in [-0.2, 0) is 19.4 Å². The number of aryl methyl sites for hydroxylation is 2. The van der Waals surface area contributed by atoms with E-state index < -0.39 is 11.6 Å². The van der Waals surface area contributed by atoms with Gasteiger partial charge in [-0.3, -0.25) is 19.3 Å². The second kappa shape index (κ2) is 11.7. The van der Waals surface area contributed by atoms with E-state index in [9.17, 15) is 18.4 Å². The number of pyridine rings is 2. The van der Waals surface area contributed by atoms with Crippen molar-refractivity contribution in [1.82, 2.24) is 25.0 Å². The third-order valence-electron chi connectivity index (χ3n) is 8.71. The highest BCUT2D eigenvalue weighted by Crippen LogP contribution is 2.50. The zero-order valence-corrected chi connectivity index (χ0v) is 26.2. The summed E-state index contributed by atoms with van der Waals surface area (Å²) in [4.78, 5) is 41.3. The van der Waals surface area contributed by atoms with Crippen LogP contribution in [0.1, 0.15) is 51.8 Å². The van der Waals surface area contributed by atoms with Crippen molar-refractivity contribution in [2.24, 2.45) is 0 Å². The summed E-state index contributed by atoms with van der Waals surface area (Å²) in [6.45, 7) is 0.996. The molecule has 1 saturated heterocycles. The lowest BCUT2D eigenvalue weighted by atomic mass is 9.92. The molecule has 0 saturated carbocycles. The molecule has 9 nitrogen and oxygen atoms in total. The van der Waals surface area contributed by atoms with Crippen LogP contribution in [0.5, 0.6) is 0 Å². The Balaban J connectivity index is 1.28. The fraction of sp³-hybridized carbons (Fsp3) is 0.206. The van der Waals surface area contributed by atoms with Crippen molar-refractivity contribution in [1.29, 1.82) is 0 Å². The SMILES string of the molecule is O=C1c2c(nc(CCc3ccc(F)cc3)c(-c3noc(=O)[nH]3)c2-c2cc3ccnc(NCc4ccc(F)c(Cl)c4)c3s2)[C@H]2CCCN12. The summed E-state index contributed by atoms with van der Waals surface area (Å²) in [7, 11) is 0. The van der Waals surface area contributed by atoms with Gasteiger partial charge in [0.05, 0.1) is 38.3 Å². The minimum absolute atomic E-state index is 0.0410. The molecule has 2 N–H and O–H groups in total. The molecule has 236 valence electrons. The predicted octanol–water partition coefficient (Wildman–Crippen LogP) is 7.32. The number of amides is 1. The molecule has 6 aromatic rings. The van der Waals surface area contributed by atoms with E-state index in [1.165, 1.54) is 29.5 Å². The zero-order valence-electron chi connectivity index (χ0n) is 24.6. The lowest BCUT2D eigenvalue weighted by Crippen LogP contribution is -2.22. The number of H-pyrrole nitrogens is 1. The lowest BCUT2D eigenvalue weighted by Gasteiger charge is -2.16. The number of rotatable bonds is 8. The predicted molar refractivity (Wildman–Crippen MR) is 175 cm³/mol. The van der Waals surface area contributed by atoms with Gasteiger partial charge in [-0.2, -0.15) is 0 Å². The summed E-state index contributed by atoms with van der Waals surface area (Å²) < 4.78 is 33.2. The molecule has 1 atom stereocenters. The van der Waals surface area contributed by atoms with Crippen LogP contribution in [-0.4, -0.2) is 37.5 Å². The largest absolute Gasteiger partial charge is 0.439 e. The van der Waals surface area contributed by atoms with Gasteiger partial charge in [0.25, 0.3) is 5.91 Å². The van der Waals surface area contributed by atoms with Crippen molar-refractivity contribution in [3.8, 4) is 21.8 Å². The molecule has 4 aromatic heterocycles. The van der Waals surface area contributed by atoms with Crippen LogP contribution >= 0.6 is 22.9 Å². The standard InChI is InChI=1S/C34H25ClF2N6O3S/c35-21-14-18(5-9-22(21)37)16-39-32-30-19(11-12-38-32)15-25(47-30)27-26(31-41-34(45)46-42-31)23(10-6-17-3-7-20(36)8-4-17)40-29-24-2-1-13-43(24)33(44)28(27)29/h3-5,7-9,11-12,14-15,24H,1-2,6,10,13,16H2,(H,38,39)(H,41,42,45)/t24-/m1/s1. The minimum atomic E-state index is -0.726. The van der Waals surface area contributed by atoms with Crippen molar-refractivity contribution in [3.05, 3.63) is 116 Å². The summed E-state index contributed by atoms with van der Waals surface area (Å²) in [5.41, 5.74) is 4.71. The molecule has 0 aliphatic carbocycles. The molecule has 2 aliphatic rings. The second-order valence-corrected chi connectivity index (χ2v) is 13.0. The van der Waals surface area contributed by atoms with Gasteiger partial charge in [0.15, 0.2) is 5.82 Å². The molecule has 2 aromatic carbocycles. The fourth-order valence-corrected chi connectivity index (χ4v) is 7.91. The molecule has 1 amide bonds. The van der Waals surface area contributed by atoms with Crippen molar-refractivity contribution >= 4 is 44.7 Å². The first-order chi connectivity index (χ1) is 22.8. The van der Waals surface area contributed by atoms with Crippen molar-refractivity contribution in [2.75, 3.05) is 11.9 Å². The maximum absolute atomic E-state index is 14.1. The normalized spacial score (nSPS) is 15.4. The Morgan fingerprint density at radius 2 is 1.85 bits per heavy atom. The highest BCUT2D eigenvalue weighted by Gasteiger charge is 2.44. The third kappa shape index (κ3) is 5.27. The number of aromatic nitrogens is 4. The number of carbonyl (C=O) groups is 1. The number of hydrogen-bond donors (Lipinski definition) is 2. The van der Waals surface area contributed by atoms with E-state index in [-0.39, 0.29) is 28.6 Å². The number of fused-ring (bicyclic) bond motifs is 4. The molecule has 8 rings (SSSR count). The minimum Gasteiger partial charge on any atom is -0.365 e. The van der Waals surface area contributed by atoms with Crippen molar-refractivity contribution in [2.45, 2.75) is 38.3 Å². The summed E-state index contributed by atoms with van der Waals surface area (Å²) >= 11 is 7.45. The Hall–Kier alpha value is -4.94. The van der Waals surface area contributed by atoms with Crippen molar-refractivity contribution < 1.29 is 18.1 Å². The molecule has 47 heavy (non-hydrogen) atoms. The smallest absolute Gasteiger partial charge is 0.365 e. The number of thiophene rings is 1. The average molecular weight is 671 g/mol. The van der Waals surface area contributed by atoms with Gasteiger partial charge in [-0.25, -0.2) is 18.6 Å². The quantitative estimate of drug-likeness (QED) is 0.174. The molecule has 1 fully saturated rings. The number of hydrogen-bond acceptors (Lipinski definition) is 8. The fourth-order valence-electron chi connectivity index (χ4n) is 6.53. The number of carbonyl (C=O) groups excluding carboxylic acids is 1. The van der Waals surface area contributed by atoms with E-state index in [0.717, 1.165) is 38.9 Å².